The van der Waals surface area contributed by atoms with Crippen molar-refractivity contribution in [2.45, 2.75) is 20.8 Å². The van der Waals surface area contributed by atoms with Gasteiger partial charge < -0.3 is 10.6 Å². The highest BCUT2D eigenvalue weighted by Gasteiger charge is 2.13. The average molecular weight is 358 g/mol. The SMILES string of the molecule is Cc1ccc(Nc2nc(Nc3ccccc3C)nc3c2cnn3C)c(C)c1. The molecule has 0 unspecified atom stereocenters. The molecule has 0 amide bonds. The van der Waals surface area contributed by atoms with Crippen LogP contribution in [0.1, 0.15) is 16.7 Å². The molecule has 0 radical (unpaired) electrons. The number of aromatic nitrogens is 4. The maximum absolute atomic E-state index is 4.72. The summed E-state index contributed by atoms with van der Waals surface area (Å²) in [6, 6.07) is 14.4. The molecule has 0 atom stereocenters. The van der Waals surface area contributed by atoms with E-state index in [1.165, 1.54) is 11.1 Å². The molecule has 0 aliphatic carbocycles. The maximum atomic E-state index is 4.72. The van der Waals surface area contributed by atoms with E-state index in [2.05, 4.69) is 65.8 Å². The van der Waals surface area contributed by atoms with Crippen molar-refractivity contribution >= 4 is 34.2 Å². The van der Waals surface area contributed by atoms with Crippen LogP contribution < -0.4 is 10.6 Å². The van der Waals surface area contributed by atoms with E-state index in [0.29, 0.717) is 5.95 Å². The Hall–Kier alpha value is -3.41. The number of aryl methyl sites for hydroxylation is 4. The first-order valence-corrected chi connectivity index (χ1v) is 8.88. The predicted octanol–water partition coefficient (Wildman–Crippen LogP) is 4.78. The smallest absolute Gasteiger partial charge is 0.231 e. The fourth-order valence-electron chi connectivity index (χ4n) is 3.09. The molecule has 0 aliphatic rings. The lowest BCUT2D eigenvalue weighted by Crippen LogP contribution is -2.04. The average Bonchev–Trinajstić information content (AvgIpc) is 3.01. The van der Waals surface area contributed by atoms with Crippen LogP contribution in [0, 0.1) is 20.8 Å². The van der Waals surface area contributed by atoms with Gasteiger partial charge in [0, 0.05) is 18.4 Å². The largest absolute Gasteiger partial charge is 0.339 e. The molecule has 2 aromatic heterocycles. The van der Waals surface area contributed by atoms with Crippen LogP contribution in [-0.4, -0.2) is 19.7 Å². The standard InChI is InChI=1S/C21H22N6/c1-13-9-10-18(15(3)11-13)23-19-16-12-22-27(4)20(16)26-21(25-19)24-17-8-6-5-7-14(17)2/h5-12H,1-4H3,(H2,23,24,25,26). The zero-order valence-electron chi connectivity index (χ0n) is 15.9. The molecule has 4 aromatic rings. The van der Waals surface area contributed by atoms with Crippen LogP contribution in [-0.2, 0) is 7.05 Å². The molecule has 136 valence electrons. The van der Waals surface area contributed by atoms with Crippen molar-refractivity contribution in [2.24, 2.45) is 7.05 Å². The number of hydrogen-bond donors (Lipinski definition) is 2. The number of anilines is 4. The van der Waals surface area contributed by atoms with Crippen molar-refractivity contribution in [3.8, 4) is 0 Å². The number of hydrogen-bond acceptors (Lipinski definition) is 5. The molecule has 2 aromatic carbocycles. The summed E-state index contributed by atoms with van der Waals surface area (Å²) in [6.45, 7) is 6.23. The van der Waals surface area contributed by atoms with Crippen LogP contribution >= 0.6 is 0 Å². The molecule has 0 bridgehead atoms. The van der Waals surface area contributed by atoms with E-state index >= 15 is 0 Å². The number of para-hydroxylation sites is 1. The third-order valence-electron chi connectivity index (χ3n) is 4.62. The number of nitrogens with zero attached hydrogens (tertiary/aromatic N) is 4. The van der Waals surface area contributed by atoms with E-state index in [-0.39, 0.29) is 0 Å². The van der Waals surface area contributed by atoms with E-state index < -0.39 is 0 Å². The topological polar surface area (TPSA) is 67.7 Å². The third-order valence-corrected chi connectivity index (χ3v) is 4.62. The van der Waals surface area contributed by atoms with Crippen LogP contribution in [0.2, 0.25) is 0 Å². The molecule has 0 fully saturated rings. The first-order valence-electron chi connectivity index (χ1n) is 8.88. The van der Waals surface area contributed by atoms with E-state index in [1.807, 2.05) is 25.2 Å². The summed E-state index contributed by atoms with van der Waals surface area (Å²) >= 11 is 0. The highest BCUT2D eigenvalue weighted by molar-refractivity contribution is 5.90. The molecular formula is C21H22N6. The number of nitrogens with one attached hydrogen (secondary N) is 2. The first kappa shape index (κ1) is 17.0. The van der Waals surface area contributed by atoms with E-state index in [0.717, 1.165) is 33.8 Å². The summed E-state index contributed by atoms with van der Waals surface area (Å²) in [7, 11) is 1.88. The van der Waals surface area contributed by atoms with Crippen LogP contribution in [0.15, 0.2) is 48.7 Å². The molecule has 6 nitrogen and oxygen atoms in total. The fraction of sp³-hybridized carbons (Fsp3) is 0.190. The summed E-state index contributed by atoms with van der Waals surface area (Å²) in [4.78, 5) is 9.37. The lowest BCUT2D eigenvalue weighted by molar-refractivity contribution is 0.786. The van der Waals surface area contributed by atoms with Crippen molar-refractivity contribution in [3.63, 3.8) is 0 Å². The van der Waals surface area contributed by atoms with Crippen molar-refractivity contribution in [3.05, 3.63) is 65.4 Å². The quantitative estimate of drug-likeness (QED) is 0.550. The van der Waals surface area contributed by atoms with E-state index in [9.17, 15) is 0 Å². The summed E-state index contributed by atoms with van der Waals surface area (Å²) in [6.07, 6.45) is 1.79. The second kappa shape index (κ2) is 6.72. The summed E-state index contributed by atoms with van der Waals surface area (Å²) < 4.78 is 1.76. The van der Waals surface area contributed by atoms with Gasteiger partial charge in [-0.1, -0.05) is 35.9 Å². The molecule has 6 heteroatoms. The minimum Gasteiger partial charge on any atom is -0.339 e. The van der Waals surface area contributed by atoms with Gasteiger partial charge in [0.2, 0.25) is 5.95 Å². The van der Waals surface area contributed by atoms with Crippen LogP contribution in [0.4, 0.5) is 23.1 Å². The second-order valence-electron chi connectivity index (χ2n) is 6.78. The van der Waals surface area contributed by atoms with E-state index in [4.69, 9.17) is 4.98 Å². The summed E-state index contributed by atoms with van der Waals surface area (Å²) in [5.74, 6) is 1.27. The van der Waals surface area contributed by atoms with Gasteiger partial charge in [0.25, 0.3) is 0 Å². The predicted molar refractivity (Wildman–Crippen MR) is 110 cm³/mol. The minimum atomic E-state index is 0.535. The molecule has 0 aliphatic heterocycles. The van der Waals surface area contributed by atoms with Gasteiger partial charge in [-0.3, -0.25) is 4.68 Å². The Labute approximate surface area is 158 Å². The van der Waals surface area contributed by atoms with Crippen LogP contribution in [0.3, 0.4) is 0 Å². The monoisotopic (exact) mass is 358 g/mol. The van der Waals surface area contributed by atoms with Gasteiger partial charge in [0.15, 0.2) is 5.65 Å². The van der Waals surface area contributed by atoms with Gasteiger partial charge >= 0.3 is 0 Å². The molecular weight excluding hydrogens is 336 g/mol. The molecule has 27 heavy (non-hydrogen) atoms. The zero-order valence-corrected chi connectivity index (χ0v) is 15.9. The van der Waals surface area contributed by atoms with Crippen molar-refractivity contribution < 1.29 is 0 Å². The van der Waals surface area contributed by atoms with Gasteiger partial charge in [-0.25, -0.2) is 0 Å². The van der Waals surface area contributed by atoms with Gasteiger partial charge in [-0.05, 0) is 44.0 Å². The lowest BCUT2D eigenvalue weighted by Gasteiger charge is -2.13. The second-order valence-corrected chi connectivity index (χ2v) is 6.78. The summed E-state index contributed by atoms with van der Waals surface area (Å²) in [5.41, 5.74) is 6.31. The van der Waals surface area contributed by atoms with Crippen LogP contribution in [0.5, 0.6) is 0 Å². The number of rotatable bonds is 4. The lowest BCUT2D eigenvalue weighted by atomic mass is 10.1. The van der Waals surface area contributed by atoms with E-state index in [1.54, 1.807) is 10.9 Å². The Balaban J connectivity index is 1.78. The number of benzene rings is 2. The third kappa shape index (κ3) is 3.33. The van der Waals surface area contributed by atoms with Gasteiger partial charge in [-0.15, -0.1) is 0 Å². The first-order chi connectivity index (χ1) is 13.0. The fourth-order valence-corrected chi connectivity index (χ4v) is 3.09. The normalized spacial score (nSPS) is 11.0. The van der Waals surface area contributed by atoms with Crippen molar-refractivity contribution in [1.82, 2.24) is 19.7 Å². The molecule has 2 heterocycles. The van der Waals surface area contributed by atoms with Gasteiger partial charge in [0.05, 0.1) is 11.6 Å². The van der Waals surface area contributed by atoms with Crippen molar-refractivity contribution in [1.29, 1.82) is 0 Å². The number of fused-ring (bicyclic) bond motifs is 1. The Kier molecular flexibility index (Phi) is 4.24. The molecule has 2 N–H and O–H groups in total. The van der Waals surface area contributed by atoms with Crippen LogP contribution in [0.25, 0.3) is 11.0 Å². The Bertz CT molecular complexity index is 1130. The van der Waals surface area contributed by atoms with Crippen molar-refractivity contribution in [2.75, 3.05) is 10.6 Å². The highest BCUT2D eigenvalue weighted by Crippen LogP contribution is 2.28. The minimum absolute atomic E-state index is 0.535. The maximum Gasteiger partial charge on any atom is 0.231 e. The highest BCUT2D eigenvalue weighted by atomic mass is 15.3. The Morgan fingerprint density at radius 2 is 1.63 bits per heavy atom. The molecule has 0 spiro atoms. The van der Waals surface area contributed by atoms with Gasteiger partial charge in [-0.2, -0.15) is 15.1 Å². The molecule has 4 rings (SSSR count). The zero-order chi connectivity index (χ0) is 19.0. The Morgan fingerprint density at radius 3 is 2.41 bits per heavy atom. The van der Waals surface area contributed by atoms with Gasteiger partial charge in [0.1, 0.15) is 5.82 Å². The Morgan fingerprint density at radius 1 is 0.852 bits per heavy atom. The molecule has 0 saturated heterocycles. The summed E-state index contributed by atoms with van der Waals surface area (Å²) in [5, 5.41) is 12.0. The molecule has 0 saturated carbocycles.